The number of rotatable bonds is 9. The lowest BCUT2D eigenvalue weighted by molar-refractivity contribution is 0.295. The molecule has 2 N–H and O–H groups in total. The fourth-order valence-corrected chi connectivity index (χ4v) is 3.43. The molecule has 0 bridgehead atoms. The van der Waals surface area contributed by atoms with Crippen LogP contribution in [-0.4, -0.2) is 31.2 Å². The number of ether oxygens (including phenoxy) is 1. The molecule has 0 saturated heterocycles. The lowest BCUT2D eigenvalue weighted by atomic mass is 10.0. The van der Waals surface area contributed by atoms with Gasteiger partial charge in [-0.1, -0.05) is 48.5 Å². The number of aliphatic hydroxyl groups excluding tert-OH is 1. The summed E-state index contributed by atoms with van der Waals surface area (Å²) in [5, 5.41) is 12.4. The first-order valence-electron chi connectivity index (χ1n) is 7.45. The molecule has 118 valence electrons. The normalized spacial score (nSPS) is 12.1. The Bertz CT molecular complexity index is 548. The van der Waals surface area contributed by atoms with Crippen molar-refractivity contribution >= 4 is 11.8 Å². The molecule has 2 aromatic rings. The molecule has 0 aliphatic carbocycles. The van der Waals surface area contributed by atoms with Crippen LogP contribution >= 0.6 is 11.8 Å². The Morgan fingerprint density at radius 2 is 1.82 bits per heavy atom. The van der Waals surface area contributed by atoms with E-state index in [1.165, 1.54) is 11.1 Å². The van der Waals surface area contributed by atoms with Crippen molar-refractivity contribution in [2.45, 2.75) is 11.7 Å². The second-order valence-electron chi connectivity index (χ2n) is 4.95. The van der Waals surface area contributed by atoms with Gasteiger partial charge in [-0.3, -0.25) is 0 Å². The summed E-state index contributed by atoms with van der Waals surface area (Å²) in [6.45, 7) is 0.798. The summed E-state index contributed by atoms with van der Waals surface area (Å²) < 4.78 is 5.47. The third-order valence-electron chi connectivity index (χ3n) is 3.44. The highest BCUT2D eigenvalue weighted by molar-refractivity contribution is 7.99. The van der Waals surface area contributed by atoms with Crippen molar-refractivity contribution in [3.8, 4) is 5.75 Å². The summed E-state index contributed by atoms with van der Waals surface area (Å²) in [5.41, 5.74) is 2.53. The number of para-hydroxylation sites is 1. The number of hydrogen-bond donors (Lipinski definition) is 2. The van der Waals surface area contributed by atoms with Crippen LogP contribution in [0.25, 0.3) is 0 Å². The summed E-state index contributed by atoms with van der Waals surface area (Å²) in [6, 6.07) is 18.7. The van der Waals surface area contributed by atoms with E-state index in [0.717, 1.165) is 18.0 Å². The van der Waals surface area contributed by atoms with E-state index in [-0.39, 0.29) is 6.61 Å². The summed E-state index contributed by atoms with van der Waals surface area (Å²) in [7, 11) is 1.71. The van der Waals surface area contributed by atoms with Crippen LogP contribution in [-0.2, 0) is 6.42 Å². The van der Waals surface area contributed by atoms with Gasteiger partial charge in [0.25, 0.3) is 0 Å². The number of methoxy groups -OCH3 is 1. The van der Waals surface area contributed by atoms with Crippen molar-refractivity contribution < 1.29 is 9.84 Å². The molecule has 0 saturated carbocycles. The maximum Gasteiger partial charge on any atom is 0.122 e. The lowest BCUT2D eigenvalue weighted by Gasteiger charge is -2.19. The minimum absolute atomic E-state index is 0.170. The summed E-state index contributed by atoms with van der Waals surface area (Å²) in [5.74, 6) is 1.75. The molecule has 0 radical (unpaired) electrons. The van der Waals surface area contributed by atoms with Gasteiger partial charge in [0.05, 0.1) is 13.7 Å². The van der Waals surface area contributed by atoms with Gasteiger partial charge < -0.3 is 15.2 Å². The number of aliphatic hydroxyl groups is 1. The number of nitrogens with one attached hydrogen (secondary N) is 1. The molecule has 0 heterocycles. The van der Waals surface area contributed by atoms with Gasteiger partial charge in [-0.25, -0.2) is 0 Å². The third-order valence-corrected chi connectivity index (χ3v) is 4.66. The molecule has 0 fully saturated rings. The largest absolute Gasteiger partial charge is 0.496 e. The zero-order valence-corrected chi connectivity index (χ0v) is 13.7. The van der Waals surface area contributed by atoms with Crippen LogP contribution in [0.5, 0.6) is 5.75 Å². The Hall–Kier alpha value is -1.49. The molecule has 0 aromatic heterocycles. The predicted octanol–water partition coefficient (Wildman–Crippen LogP) is 3.25. The molecular weight excluding hydrogens is 294 g/mol. The fourth-order valence-electron chi connectivity index (χ4n) is 2.32. The van der Waals surface area contributed by atoms with Crippen molar-refractivity contribution in [3.05, 3.63) is 65.7 Å². The van der Waals surface area contributed by atoms with E-state index in [1.54, 1.807) is 7.11 Å². The zero-order chi connectivity index (χ0) is 15.6. The van der Waals surface area contributed by atoms with Gasteiger partial charge in [0.15, 0.2) is 0 Å². The van der Waals surface area contributed by atoms with E-state index in [1.807, 2.05) is 30.0 Å². The third kappa shape index (κ3) is 5.05. The van der Waals surface area contributed by atoms with Crippen LogP contribution in [0.3, 0.4) is 0 Å². The Morgan fingerprint density at radius 1 is 1.09 bits per heavy atom. The summed E-state index contributed by atoms with van der Waals surface area (Å²) in [4.78, 5) is 0. The highest BCUT2D eigenvalue weighted by Gasteiger charge is 2.15. The molecule has 2 rings (SSSR count). The van der Waals surface area contributed by atoms with Gasteiger partial charge in [-0.15, -0.1) is 11.8 Å². The second-order valence-corrected chi connectivity index (χ2v) is 6.14. The van der Waals surface area contributed by atoms with Crippen LogP contribution in [0.1, 0.15) is 16.4 Å². The highest BCUT2D eigenvalue weighted by atomic mass is 32.2. The van der Waals surface area contributed by atoms with Crippen molar-refractivity contribution in [3.63, 3.8) is 0 Å². The Labute approximate surface area is 136 Å². The van der Waals surface area contributed by atoms with Gasteiger partial charge >= 0.3 is 0 Å². The van der Waals surface area contributed by atoms with Gasteiger partial charge in [-0.2, -0.15) is 0 Å². The Kier molecular flexibility index (Phi) is 7.30. The molecule has 1 atom stereocenters. The van der Waals surface area contributed by atoms with Crippen LogP contribution < -0.4 is 10.1 Å². The first-order valence-corrected chi connectivity index (χ1v) is 8.50. The van der Waals surface area contributed by atoms with Crippen LogP contribution in [0.15, 0.2) is 54.6 Å². The van der Waals surface area contributed by atoms with Crippen LogP contribution in [0.2, 0.25) is 0 Å². The van der Waals surface area contributed by atoms with Crippen LogP contribution in [0, 0.1) is 0 Å². The van der Waals surface area contributed by atoms with Gasteiger partial charge in [0, 0.05) is 17.7 Å². The molecule has 22 heavy (non-hydrogen) atoms. The molecule has 0 aliphatic rings. The number of thioether (sulfide) groups is 1. The quantitative estimate of drug-likeness (QED) is 0.550. The first kappa shape index (κ1) is 16.9. The molecule has 3 nitrogen and oxygen atoms in total. The minimum atomic E-state index is 0.170. The predicted molar refractivity (Wildman–Crippen MR) is 93.4 cm³/mol. The minimum Gasteiger partial charge on any atom is -0.496 e. The maximum absolute atomic E-state index is 8.86. The molecular formula is C18H23NO2S. The zero-order valence-electron chi connectivity index (χ0n) is 12.9. The molecule has 0 unspecified atom stereocenters. The van der Waals surface area contributed by atoms with Gasteiger partial charge in [0.1, 0.15) is 5.75 Å². The molecule has 2 aromatic carbocycles. The summed E-state index contributed by atoms with van der Waals surface area (Å²) >= 11 is 1.85. The SMILES string of the molecule is COc1ccccc1C[C@H](SCNCCO)c1ccccc1. The molecule has 0 spiro atoms. The van der Waals surface area contributed by atoms with Crippen molar-refractivity contribution in [1.82, 2.24) is 5.32 Å². The standard InChI is InChI=1S/C18H23NO2S/c1-21-17-10-6-5-9-16(17)13-18(22-14-19-11-12-20)15-7-3-2-4-8-15/h2-10,18-20H,11-14H2,1H3/t18-/m0/s1. The van der Waals surface area contributed by atoms with E-state index in [9.17, 15) is 0 Å². The first-order chi connectivity index (χ1) is 10.8. The van der Waals surface area contributed by atoms with E-state index >= 15 is 0 Å². The smallest absolute Gasteiger partial charge is 0.122 e. The second kappa shape index (κ2) is 9.51. The average Bonchev–Trinajstić information content (AvgIpc) is 2.59. The van der Waals surface area contributed by atoms with Crippen molar-refractivity contribution in [2.75, 3.05) is 26.1 Å². The molecule has 4 heteroatoms. The molecule has 0 aliphatic heterocycles. The van der Waals surface area contributed by atoms with E-state index in [2.05, 4.69) is 41.7 Å². The van der Waals surface area contributed by atoms with Gasteiger partial charge in [0.2, 0.25) is 0 Å². The maximum atomic E-state index is 8.86. The fraction of sp³-hybridized carbons (Fsp3) is 0.333. The van der Waals surface area contributed by atoms with Crippen molar-refractivity contribution in [2.24, 2.45) is 0 Å². The summed E-state index contributed by atoms with van der Waals surface area (Å²) in [6.07, 6.45) is 0.916. The van der Waals surface area contributed by atoms with E-state index < -0.39 is 0 Å². The topological polar surface area (TPSA) is 41.5 Å². The highest BCUT2D eigenvalue weighted by Crippen LogP contribution is 2.34. The average molecular weight is 317 g/mol. The lowest BCUT2D eigenvalue weighted by Crippen LogP contribution is -2.18. The number of hydrogen-bond acceptors (Lipinski definition) is 4. The number of benzene rings is 2. The Morgan fingerprint density at radius 3 is 2.55 bits per heavy atom. The van der Waals surface area contributed by atoms with E-state index in [4.69, 9.17) is 9.84 Å². The Balaban J connectivity index is 2.10. The molecule has 0 amide bonds. The van der Waals surface area contributed by atoms with Crippen LogP contribution in [0.4, 0.5) is 0 Å². The van der Waals surface area contributed by atoms with E-state index in [0.29, 0.717) is 11.8 Å². The van der Waals surface area contributed by atoms with Gasteiger partial charge in [-0.05, 0) is 23.6 Å². The van der Waals surface area contributed by atoms with Crippen molar-refractivity contribution in [1.29, 1.82) is 0 Å². The monoisotopic (exact) mass is 317 g/mol.